The van der Waals surface area contributed by atoms with Crippen molar-refractivity contribution in [2.45, 2.75) is 12.5 Å². The van der Waals surface area contributed by atoms with Crippen LogP contribution in [0, 0.1) is 17.5 Å². The Morgan fingerprint density at radius 3 is 2.33 bits per heavy atom. The molecule has 0 aromatic heterocycles. The molecular weight excluding hydrogens is 281 g/mol. The fourth-order valence-corrected chi connectivity index (χ4v) is 1.80. The van der Waals surface area contributed by atoms with Gasteiger partial charge in [-0.05, 0) is 12.0 Å². The Morgan fingerprint density at radius 1 is 1.05 bits per heavy atom. The number of rotatable bonds is 4. The van der Waals surface area contributed by atoms with Crippen LogP contribution in [0.4, 0.5) is 18.9 Å². The van der Waals surface area contributed by atoms with E-state index >= 15 is 0 Å². The van der Waals surface area contributed by atoms with Gasteiger partial charge in [0.25, 0.3) is 0 Å². The molecule has 0 bridgehead atoms. The minimum absolute atomic E-state index is 0.248. The molecule has 21 heavy (non-hydrogen) atoms. The van der Waals surface area contributed by atoms with E-state index in [1.165, 1.54) is 0 Å². The number of amides is 1. The summed E-state index contributed by atoms with van der Waals surface area (Å²) in [5.74, 6) is -4.31. The molecule has 2 aromatic carbocycles. The van der Waals surface area contributed by atoms with Crippen molar-refractivity contribution in [3.8, 4) is 0 Å². The topological polar surface area (TPSA) is 55.1 Å². The highest BCUT2D eigenvalue weighted by molar-refractivity contribution is 5.94. The summed E-state index contributed by atoms with van der Waals surface area (Å²) in [5, 5.41) is 2.15. The molecule has 0 radical (unpaired) electrons. The third-order valence-corrected chi connectivity index (χ3v) is 2.90. The maximum absolute atomic E-state index is 13.4. The van der Waals surface area contributed by atoms with Crippen LogP contribution in [-0.4, -0.2) is 11.9 Å². The molecule has 0 fully saturated rings. The predicted octanol–water partition coefficient (Wildman–Crippen LogP) is 2.61. The molecule has 0 unspecified atom stereocenters. The Labute approximate surface area is 119 Å². The van der Waals surface area contributed by atoms with Crippen LogP contribution in [0.15, 0.2) is 42.5 Å². The quantitative estimate of drug-likeness (QED) is 0.852. The maximum atomic E-state index is 13.4. The molecule has 2 aromatic rings. The van der Waals surface area contributed by atoms with Crippen LogP contribution in [0.3, 0.4) is 0 Å². The summed E-state index contributed by atoms with van der Waals surface area (Å²) in [6.45, 7) is 0. The number of carbonyl (C=O) groups is 1. The lowest BCUT2D eigenvalue weighted by molar-refractivity contribution is -0.117. The number of anilines is 1. The Balaban J connectivity index is 2.06. The zero-order valence-corrected chi connectivity index (χ0v) is 10.9. The number of nitrogens with two attached hydrogens (primary N) is 1. The van der Waals surface area contributed by atoms with Crippen LogP contribution >= 0.6 is 0 Å². The van der Waals surface area contributed by atoms with Gasteiger partial charge in [0.05, 0.1) is 11.7 Å². The minimum Gasteiger partial charge on any atom is -0.322 e. The van der Waals surface area contributed by atoms with Crippen molar-refractivity contribution < 1.29 is 18.0 Å². The summed E-state index contributed by atoms with van der Waals surface area (Å²) in [4.78, 5) is 11.8. The van der Waals surface area contributed by atoms with E-state index in [1.54, 1.807) is 24.3 Å². The monoisotopic (exact) mass is 294 g/mol. The average molecular weight is 294 g/mol. The third-order valence-electron chi connectivity index (χ3n) is 2.90. The largest absolute Gasteiger partial charge is 0.322 e. The first-order valence-electron chi connectivity index (χ1n) is 6.22. The second-order valence-electron chi connectivity index (χ2n) is 4.53. The van der Waals surface area contributed by atoms with E-state index in [0.29, 0.717) is 12.1 Å². The molecule has 2 rings (SSSR count). The van der Waals surface area contributed by atoms with Gasteiger partial charge < -0.3 is 11.1 Å². The number of nitrogens with one attached hydrogen (secondary N) is 1. The van der Waals surface area contributed by atoms with Gasteiger partial charge >= 0.3 is 0 Å². The number of hydrogen-bond donors (Lipinski definition) is 2. The second kappa shape index (κ2) is 6.41. The molecule has 3 N–H and O–H groups in total. The summed E-state index contributed by atoms with van der Waals surface area (Å²) in [6.07, 6.45) is 0.248. The summed E-state index contributed by atoms with van der Waals surface area (Å²) >= 11 is 0. The van der Waals surface area contributed by atoms with Crippen LogP contribution in [0.5, 0.6) is 0 Å². The highest BCUT2D eigenvalue weighted by Crippen LogP contribution is 2.18. The van der Waals surface area contributed by atoms with Crippen LogP contribution in [0.1, 0.15) is 5.56 Å². The minimum atomic E-state index is -1.32. The summed E-state index contributed by atoms with van der Waals surface area (Å²) in [6, 6.07) is 9.04. The van der Waals surface area contributed by atoms with E-state index in [4.69, 9.17) is 5.73 Å². The van der Waals surface area contributed by atoms with Crippen molar-refractivity contribution in [1.29, 1.82) is 0 Å². The molecule has 0 spiro atoms. The molecule has 0 aliphatic rings. The molecule has 1 atom stereocenters. The van der Waals surface area contributed by atoms with Crippen molar-refractivity contribution in [3.63, 3.8) is 0 Å². The predicted molar refractivity (Wildman–Crippen MR) is 73.1 cm³/mol. The number of halogens is 3. The fraction of sp³-hybridized carbons (Fsp3) is 0.133. The zero-order chi connectivity index (χ0) is 15.4. The van der Waals surface area contributed by atoms with Crippen molar-refractivity contribution in [2.75, 3.05) is 5.32 Å². The SMILES string of the molecule is N[C@H](Cc1ccccc1)C(=O)Nc1cc(F)c(F)cc1F. The van der Waals surface area contributed by atoms with Gasteiger partial charge in [-0.15, -0.1) is 0 Å². The van der Waals surface area contributed by atoms with Crippen molar-refractivity contribution >= 4 is 11.6 Å². The van der Waals surface area contributed by atoms with E-state index in [-0.39, 0.29) is 6.42 Å². The molecule has 6 heteroatoms. The highest BCUT2D eigenvalue weighted by Gasteiger charge is 2.17. The first-order chi connectivity index (χ1) is 9.97. The van der Waals surface area contributed by atoms with Gasteiger partial charge in [-0.1, -0.05) is 30.3 Å². The number of hydrogen-bond acceptors (Lipinski definition) is 2. The third kappa shape index (κ3) is 3.82. The smallest absolute Gasteiger partial charge is 0.241 e. The Morgan fingerprint density at radius 2 is 1.67 bits per heavy atom. The Kier molecular flexibility index (Phi) is 4.59. The van der Waals surface area contributed by atoms with Crippen molar-refractivity contribution in [1.82, 2.24) is 0 Å². The first kappa shape index (κ1) is 15.1. The molecule has 0 saturated heterocycles. The lowest BCUT2D eigenvalue weighted by Crippen LogP contribution is -2.37. The van der Waals surface area contributed by atoms with E-state index in [0.717, 1.165) is 5.56 Å². The van der Waals surface area contributed by atoms with Crippen molar-refractivity contribution in [2.24, 2.45) is 5.73 Å². The van der Waals surface area contributed by atoms with E-state index < -0.39 is 35.1 Å². The van der Waals surface area contributed by atoms with Gasteiger partial charge in [0, 0.05) is 12.1 Å². The molecule has 110 valence electrons. The molecule has 3 nitrogen and oxygen atoms in total. The standard InChI is InChI=1S/C15H13F3N2O/c16-10-7-12(18)14(8-11(10)17)20-15(21)13(19)6-9-4-2-1-3-5-9/h1-5,7-8,13H,6,19H2,(H,20,21)/t13-/m1/s1. The normalized spacial score (nSPS) is 12.0. The van der Waals surface area contributed by atoms with Crippen LogP contribution in [0.2, 0.25) is 0 Å². The average Bonchev–Trinajstić information content (AvgIpc) is 2.45. The van der Waals surface area contributed by atoms with Gasteiger partial charge in [-0.25, -0.2) is 13.2 Å². The second-order valence-corrected chi connectivity index (χ2v) is 4.53. The Hall–Kier alpha value is -2.34. The maximum Gasteiger partial charge on any atom is 0.241 e. The molecule has 0 aliphatic carbocycles. The lowest BCUT2D eigenvalue weighted by atomic mass is 10.1. The molecule has 0 heterocycles. The summed E-state index contributed by atoms with van der Waals surface area (Å²) in [7, 11) is 0. The van der Waals surface area contributed by atoms with Gasteiger partial charge in [0.1, 0.15) is 5.82 Å². The highest BCUT2D eigenvalue weighted by atomic mass is 19.2. The fourth-order valence-electron chi connectivity index (χ4n) is 1.80. The lowest BCUT2D eigenvalue weighted by Gasteiger charge is -2.13. The van der Waals surface area contributed by atoms with Gasteiger partial charge in [0.2, 0.25) is 5.91 Å². The van der Waals surface area contributed by atoms with E-state index in [9.17, 15) is 18.0 Å². The number of carbonyl (C=O) groups excluding carboxylic acids is 1. The van der Waals surface area contributed by atoms with Crippen molar-refractivity contribution in [3.05, 3.63) is 65.5 Å². The van der Waals surface area contributed by atoms with Crippen LogP contribution < -0.4 is 11.1 Å². The van der Waals surface area contributed by atoms with Gasteiger partial charge in [0.15, 0.2) is 11.6 Å². The summed E-state index contributed by atoms with van der Waals surface area (Å²) < 4.78 is 39.2. The molecule has 1 amide bonds. The first-order valence-corrected chi connectivity index (χ1v) is 6.22. The van der Waals surface area contributed by atoms with E-state index in [2.05, 4.69) is 5.32 Å². The van der Waals surface area contributed by atoms with E-state index in [1.807, 2.05) is 6.07 Å². The molecular formula is C15H13F3N2O. The Bertz CT molecular complexity index is 647. The van der Waals surface area contributed by atoms with Crippen LogP contribution in [0.25, 0.3) is 0 Å². The molecule has 0 saturated carbocycles. The molecule has 0 aliphatic heterocycles. The van der Waals surface area contributed by atoms with Gasteiger partial charge in [-0.2, -0.15) is 0 Å². The number of benzene rings is 2. The zero-order valence-electron chi connectivity index (χ0n) is 10.9. The van der Waals surface area contributed by atoms with Gasteiger partial charge in [-0.3, -0.25) is 4.79 Å². The summed E-state index contributed by atoms with van der Waals surface area (Å²) in [5.41, 5.74) is 6.11. The van der Waals surface area contributed by atoms with Crippen LogP contribution in [-0.2, 0) is 11.2 Å².